The van der Waals surface area contributed by atoms with Crippen molar-refractivity contribution in [1.29, 1.82) is 0 Å². The first-order valence-corrected chi connectivity index (χ1v) is 9.81. The maximum atomic E-state index is 12.5. The molecule has 0 unspecified atom stereocenters. The fraction of sp³-hybridized carbons (Fsp3) is 0.318. The lowest BCUT2D eigenvalue weighted by Crippen LogP contribution is -2.37. The van der Waals surface area contributed by atoms with Crippen molar-refractivity contribution < 1.29 is 19.1 Å². The molecule has 6 nitrogen and oxygen atoms in total. The minimum atomic E-state index is -0.946. The van der Waals surface area contributed by atoms with Crippen LogP contribution in [0, 0.1) is 12.8 Å². The summed E-state index contributed by atoms with van der Waals surface area (Å²) in [6.45, 7) is 4.04. The normalized spacial score (nSPS) is 17.1. The Morgan fingerprint density at radius 1 is 1.17 bits per heavy atom. The van der Waals surface area contributed by atoms with Gasteiger partial charge in [0.2, 0.25) is 5.91 Å². The van der Waals surface area contributed by atoms with Crippen LogP contribution < -0.4 is 10.2 Å². The molecule has 1 saturated heterocycles. The number of rotatable bonds is 6. The van der Waals surface area contributed by atoms with Crippen molar-refractivity contribution in [1.82, 2.24) is 5.32 Å². The Kier molecular flexibility index (Phi) is 6.54. The van der Waals surface area contributed by atoms with Crippen molar-refractivity contribution in [2.75, 3.05) is 11.4 Å². The quantitative estimate of drug-likeness (QED) is 0.736. The van der Waals surface area contributed by atoms with Crippen molar-refractivity contribution in [2.45, 2.75) is 32.9 Å². The predicted octanol–water partition coefficient (Wildman–Crippen LogP) is 3.25. The molecule has 1 fully saturated rings. The topological polar surface area (TPSA) is 75.7 Å². The number of esters is 1. The summed E-state index contributed by atoms with van der Waals surface area (Å²) >= 11 is 5.84. The lowest BCUT2D eigenvalue weighted by atomic mass is 10.1. The third kappa shape index (κ3) is 5.35. The molecule has 2 atom stereocenters. The summed E-state index contributed by atoms with van der Waals surface area (Å²) in [6, 6.07) is 14.6. The van der Waals surface area contributed by atoms with E-state index in [4.69, 9.17) is 16.3 Å². The van der Waals surface area contributed by atoms with Crippen molar-refractivity contribution >= 4 is 35.1 Å². The molecule has 2 aromatic carbocycles. The van der Waals surface area contributed by atoms with Gasteiger partial charge in [-0.2, -0.15) is 0 Å². The highest BCUT2D eigenvalue weighted by molar-refractivity contribution is 6.30. The standard InChI is InChI=1S/C22H23ClN2O4/c1-14-3-9-19(10-4-14)25-13-17(11-20(25)26)22(28)29-15(2)21(27)24-12-16-5-7-18(23)8-6-16/h3-10,15,17H,11-13H2,1-2H3,(H,24,27)/t15-,17-/m1/s1. The van der Waals surface area contributed by atoms with E-state index in [2.05, 4.69) is 5.32 Å². The Labute approximate surface area is 174 Å². The van der Waals surface area contributed by atoms with Crippen LogP contribution in [0.25, 0.3) is 0 Å². The molecule has 7 heteroatoms. The van der Waals surface area contributed by atoms with Crippen LogP contribution in [0.4, 0.5) is 5.69 Å². The summed E-state index contributed by atoms with van der Waals surface area (Å²) in [5.74, 6) is -1.65. The number of aryl methyl sites for hydroxylation is 1. The van der Waals surface area contributed by atoms with E-state index in [0.717, 1.165) is 16.8 Å². The van der Waals surface area contributed by atoms with Crippen LogP contribution >= 0.6 is 11.6 Å². The zero-order chi connectivity index (χ0) is 21.0. The largest absolute Gasteiger partial charge is 0.452 e. The second kappa shape index (κ2) is 9.09. The lowest BCUT2D eigenvalue weighted by Gasteiger charge is -2.18. The van der Waals surface area contributed by atoms with Gasteiger partial charge in [-0.05, 0) is 43.7 Å². The van der Waals surface area contributed by atoms with Crippen LogP contribution in [-0.2, 0) is 25.7 Å². The second-order valence-corrected chi connectivity index (χ2v) is 7.60. The van der Waals surface area contributed by atoms with Crippen LogP contribution in [0.2, 0.25) is 5.02 Å². The maximum Gasteiger partial charge on any atom is 0.312 e. The average Bonchev–Trinajstić information content (AvgIpc) is 3.09. The average molecular weight is 415 g/mol. The molecule has 0 aromatic heterocycles. The highest BCUT2D eigenvalue weighted by atomic mass is 35.5. The smallest absolute Gasteiger partial charge is 0.312 e. The summed E-state index contributed by atoms with van der Waals surface area (Å²) in [6.07, 6.45) is -0.871. The molecule has 1 aliphatic rings. The Hall–Kier alpha value is -2.86. The molecule has 2 aromatic rings. The van der Waals surface area contributed by atoms with Gasteiger partial charge in [0, 0.05) is 30.2 Å². The fourth-order valence-electron chi connectivity index (χ4n) is 3.10. The van der Waals surface area contributed by atoms with Gasteiger partial charge in [-0.3, -0.25) is 14.4 Å². The lowest BCUT2D eigenvalue weighted by molar-refractivity contribution is -0.158. The highest BCUT2D eigenvalue weighted by Crippen LogP contribution is 2.26. The third-order valence-corrected chi connectivity index (χ3v) is 5.10. The van der Waals surface area contributed by atoms with E-state index in [1.165, 1.54) is 6.92 Å². The minimum absolute atomic E-state index is 0.0752. The number of nitrogens with one attached hydrogen (secondary N) is 1. The van der Waals surface area contributed by atoms with Gasteiger partial charge in [0.25, 0.3) is 5.91 Å². The number of hydrogen-bond donors (Lipinski definition) is 1. The SMILES string of the molecule is Cc1ccc(N2C[C@H](C(=O)O[C@H](C)C(=O)NCc3ccc(Cl)cc3)CC2=O)cc1. The van der Waals surface area contributed by atoms with E-state index >= 15 is 0 Å². The van der Waals surface area contributed by atoms with E-state index in [9.17, 15) is 14.4 Å². The van der Waals surface area contributed by atoms with Crippen LogP contribution in [-0.4, -0.2) is 30.4 Å². The van der Waals surface area contributed by atoms with Crippen molar-refractivity contribution in [3.05, 3.63) is 64.7 Å². The van der Waals surface area contributed by atoms with Crippen molar-refractivity contribution in [3.8, 4) is 0 Å². The van der Waals surface area contributed by atoms with Crippen LogP contribution in [0.15, 0.2) is 48.5 Å². The molecule has 0 aliphatic carbocycles. The van der Waals surface area contributed by atoms with E-state index in [1.807, 2.05) is 43.3 Å². The number of amides is 2. The number of anilines is 1. The Balaban J connectivity index is 1.51. The summed E-state index contributed by atoms with van der Waals surface area (Å²) in [5, 5.41) is 3.34. The number of ether oxygens (including phenoxy) is 1. The molecule has 0 bridgehead atoms. The Morgan fingerprint density at radius 2 is 1.83 bits per heavy atom. The van der Waals surface area contributed by atoms with Crippen molar-refractivity contribution in [3.63, 3.8) is 0 Å². The molecule has 0 spiro atoms. The fourth-order valence-corrected chi connectivity index (χ4v) is 3.22. The van der Waals surface area contributed by atoms with Gasteiger partial charge < -0.3 is 15.0 Å². The van der Waals surface area contributed by atoms with Gasteiger partial charge in [-0.25, -0.2) is 0 Å². The molecule has 3 rings (SSSR count). The van der Waals surface area contributed by atoms with E-state index < -0.39 is 23.9 Å². The first kappa shape index (κ1) is 20.9. The van der Waals surface area contributed by atoms with Crippen LogP contribution in [0.3, 0.4) is 0 Å². The van der Waals surface area contributed by atoms with Gasteiger partial charge >= 0.3 is 5.97 Å². The van der Waals surface area contributed by atoms with E-state index in [0.29, 0.717) is 11.6 Å². The molecule has 0 radical (unpaired) electrons. The monoisotopic (exact) mass is 414 g/mol. The molecular weight excluding hydrogens is 392 g/mol. The van der Waals surface area contributed by atoms with Gasteiger partial charge in [-0.15, -0.1) is 0 Å². The minimum Gasteiger partial charge on any atom is -0.452 e. The third-order valence-electron chi connectivity index (χ3n) is 4.85. The predicted molar refractivity (Wildman–Crippen MR) is 110 cm³/mol. The molecule has 152 valence electrons. The molecule has 1 N–H and O–H groups in total. The van der Waals surface area contributed by atoms with Gasteiger partial charge in [0.05, 0.1) is 5.92 Å². The van der Waals surface area contributed by atoms with E-state index in [1.54, 1.807) is 17.0 Å². The Bertz CT molecular complexity index is 896. The molecular formula is C22H23ClN2O4. The van der Waals surface area contributed by atoms with Crippen LogP contribution in [0.1, 0.15) is 24.5 Å². The summed E-state index contributed by atoms with van der Waals surface area (Å²) in [7, 11) is 0. The number of halogens is 1. The van der Waals surface area contributed by atoms with Gasteiger partial charge in [0.15, 0.2) is 6.10 Å². The van der Waals surface area contributed by atoms with Crippen molar-refractivity contribution in [2.24, 2.45) is 5.92 Å². The Morgan fingerprint density at radius 3 is 2.48 bits per heavy atom. The summed E-state index contributed by atoms with van der Waals surface area (Å²) < 4.78 is 5.30. The van der Waals surface area contributed by atoms with Gasteiger partial charge in [0.1, 0.15) is 0 Å². The first-order chi connectivity index (χ1) is 13.8. The highest BCUT2D eigenvalue weighted by Gasteiger charge is 2.37. The zero-order valence-electron chi connectivity index (χ0n) is 16.4. The number of nitrogens with zero attached hydrogens (tertiary/aromatic N) is 1. The number of hydrogen-bond acceptors (Lipinski definition) is 4. The molecule has 29 heavy (non-hydrogen) atoms. The summed E-state index contributed by atoms with van der Waals surface area (Å²) in [4.78, 5) is 38.6. The molecule has 2 amide bonds. The first-order valence-electron chi connectivity index (χ1n) is 9.43. The maximum absolute atomic E-state index is 12.5. The number of carbonyl (C=O) groups excluding carboxylic acids is 3. The molecule has 1 aliphatic heterocycles. The summed E-state index contributed by atoms with van der Waals surface area (Å²) in [5.41, 5.74) is 2.73. The molecule has 1 heterocycles. The van der Waals surface area contributed by atoms with Crippen LogP contribution in [0.5, 0.6) is 0 Å². The number of benzene rings is 2. The number of carbonyl (C=O) groups is 3. The second-order valence-electron chi connectivity index (χ2n) is 7.16. The zero-order valence-corrected chi connectivity index (χ0v) is 17.1. The molecule has 0 saturated carbocycles. The van der Waals surface area contributed by atoms with Gasteiger partial charge in [-0.1, -0.05) is 41.4 Å². The van der Waals surface area contributed by atoms with E-state index in [-0.39, 0.29) is 18.9 Å².